The molecule has 3 heterocycles. The van der Waals surface area contributed by atoms with Crippen LogP contribution < -0.4 is 10.1 Å². The second kappa shape index (κ2) is 6.69. The lowest BCUT2D eigenvalue weighted by Crippen LogP contribution is -2.39. The number of hydrogen-bond acceptors (Lipinski definition) is 5. The molecule has 2 saturated heterocycles. The molecule has 2 unspecified atom stereocenters. The van der Waals surface area contributed by atoms with Crippen LogP contribution in [0.3, 0.4) is 0 Å². The first-order chi connectivity index (χ1) is 14.7. The summed E-state index contributed by atoms with van der Waals surface area (Å²) in [4.78, 5) is 36.4. The second-order valence-corrected chi connectivity index (χ2v) is 8.56. The van der Waals surface area contributed by atoms with Crippen molar-refractivity contribution in [2.75, 3.05) is 6.54 Å². The van der Waals surface area contributed by atoms with Crippen molar-refractivity contribution in [3.05, 3.63) is 69.6 Å². The van der Waals surface area contributed by atoms with E-state index in [1.54, 1.807) is 24.3 Å². The number of fused-ring (bicyclic) bond motifs is 2. The predicted octanol–water partition coefficient (Wildman–Crippen LogP) is 3.92. The molecular weight excluding hydrogens is 433 g/mol. The molecule has 0 radical (unpaired) electrons. The fourth-order valence-corrected chi connectivity index (χ4v) is 4.51. The smallest absolute Gasteiger partial charge is 0.416 e. The van der Waals surface area contributed by atoms with Gasteiger partial charge in [-0.1, -0.05) is 6.07 Å². The third-order valence-corrected chi connectivity index (χ3v) is 6.31. The lowest BCUT2D eigenvalue weighted by molar-refractivity contribution is -0.758. The van der Waals surface area contributed by atoms with Crippen molar-refractivity contribution in [2.24, 2.45) is 0 Å². The van der Waals surface area contributed by atoms with Crippen molar-refractivity contribution in [1.29, 1.82) is 0 Å². The maximum Gasteiger partial charge on any atom is 0.416 e. The van der Waals surface area contributed by atoms with Crippen molar-refractivity contribution in [2.45, 2.75) is 18.9 Å². The number of carbonyl (C=O) groups is 3. The summed E-state index contributed by atoms with van der Waals surface area (Å²) in [5.74, 6) is -0.140. The normalized spacial score (nSPS) is 25.5. The van der Waals surface area contributed by atoms with Crippen LogP contribution in [-0.4, -0.2) is 34.3 Å². The number of quaternary nitrogens is 1. The molecule has 2 aromatic carbocycles. The van der Waals surface area contributed by atoms with Gasteiger partial charge in [0.15, 0.2) is 6.54 Å². The molecule has 2 atom stereocenters. The first kappa shape index (κ1) is 19.8. The molecular formula is C21H14F3N2O4S+. The largest absolute Gasteiger partial charge is 0.436 e. The van der Waals surface area contributed by atoms with E-state index in [0.29, 0.717) is 24.4 Å². The summed E-state index contributed by atoms with van der Waals surface area (Å²) in [6, 6.07) is 9.47. The van der Waals surface area contributed by atoms with Gasteiger partial charge in [0.05, 0.1) is 16.0 Å². The van der Waals surface area contributed by atoms with Crippen LogP contribution in [0.1, 0.15) is 27.0 Å². The van der Waals surface area contributed by atoms with Crippen molar-refractivity contribution < 1.29 is 36.8 Å². The second-order valence-electron chi connectivity index (χ2n) is 7.55. The first-order valence-corrected chi connectivity index (χ1v) is 10.1. The topological polar surface area (TPSA) is 72.5 Å². The maximum atomic E-state index is 13.1. The van der Waals surface area contributed by atoms with Crippen LogP contribution in [-0.2, 0) is 17.5 Å². The van der Waals surface area contributed by atoms with E-state index in [9.17, 15) is 27.6 Å². The third kappa shape index (κ3) is 3.41. The highest BCUT2D eigenvalue weighted by Crippen LogP contribution is 2.45. The summed E-state index contributed by atoms with van der Waals surface area (Å²) < 4.78 is 44.3. The van der Waals surface area contributed by atoms with E-state index in [4.69, 9.17) is 4.74 Å². The number of ether oxygens (including phenoxy) is 1. The molecule has 10 heteroatoms. The van der Waals surface area contributed by atoms with Gasteiger partial charge < -0.3 is 4.74 Å². The molecule has 3 amide bonds. The van der Waals surface area contributed by atoms with Crippen LogP contribution in [0.25, 0.3) is 6.08 Å². The number of nitrogens with one attached hydrogen (secondary N) is 1. The van der Waals surface area contributed by atoms with Gasteiger partial charge >= 0.3 is 12.1 Å². The summed E-state index contributed by atoms with van der Waals surface area (Å²) in [6.07, 6.45) is -3.25. The minimum absolute atomic E-state index is 0.0217. The van der Waals surface area contributed by atoms with E-state index < -0.39 is 22.9 Å². The number of halogens is 3. The number of hydrogen-bond donors (Lipinski definition) is 1. The van der Waals surface area contributed by atoms with Crippen molar-refractivity contribution in [1.82, 2.24) is 5.32 Å². The predicted molar refractivity (Wildman–Crippen MR) is 105 cm³/mol. The Morgan fingerprint density at radius 2 is 1.90 bits per heavy atom. The van der Waals surface area contributed by atoms with Crippen molar-refractivity contribution >= 4 is 34.9 Å². The molecule has 0 spiro atoms. The highest BCUT2D eigenvalue weighted by Gasteiger charge is 2.65. The molecule has 1 N–H and O–H groups in total. The Kier molecular flexibility index (Phi) is 4.28. The maximum absolute atomic E-state index is 13.1. The number of benzene rings is 2. The zero-order valence-electron chi connectivity index (χ0n) is 15.7. The number of nitrogens with zero attached hydrogens (tertiary/aromatic N) is 1. The molecule has 0 aromatic heterocycles. The van der Waals surface area contributed by atoms with Gasteiger partial charge in [-0.2, -0.15) is 13.2 Å². The fourth-order valence-electron chi connectivity index (χ4n) is 3.83. The van der Waals surface area contributed by atoms with E-state index >= 15 is 0 Å². The van der Waals surface area contributed by atoms with Crippen LogP contribution in [0.15, 0.2) is 47.4 Å². The Bertz CT molecular complexity index is 1180. The number of amides is 3. The number of rotatable bonds is 2. The van der Waals surface area contributed by atoms with E-state index in [0.717, 1.165) is 29.5 Å². The summed E-state index contributed by atoms with van der Waals surface area (Å²) in [7, 11) is 0. The van der Waals surface area contributed by atoms with Crippen LogP contribution >= 0.6 is 11.8 Å². The Morgan fingerprint density at radius 3 is 2.55 bits per heavy atom. The standard InChI is InChI=1S/C21H13F3N2O4S/c22-21(23,24)14-4-2-12(3-5-14)19(28)26-9-13-7-11(1-6-15(13)30-17(26)10-26)8-16-18(27)25-20(29)31-16/h1-8,17H,9-10H2/p+1/b16-8-. The van der Waals surface area contributed by atoms with Gasteiger partial charge in [-0.25, -0.2) is 9.28 Å². The number of alkyl halides is 3. The van der Waals surface area contributed by atoms with Crippen LogP contribution in [0.5, 0.6) is 5.75 Å². The molecule has 6 nitrogen and oxygen atoms in total. The summed E-state index contributed by atoms with van der Waals surface area (Å²) in [5, 5.41) is 1.76. The Hall–Kier alpha value is -3.11. The van der Waals surface area contributed by atoms with Crippen molar-refractivity contribution in [3.63, 3.8) is 0 Å². The minimum atomic E-state index is -4.46. The van der Waals surface area contributed by atoms with Crippen LogP contribution in [0.2, 0.25) is 0 Å². The highest BCUT2D eigenvalue weighted by atomic mass is 32.2. The minimum Gasteiger partial charge on any atom is -0.436 e. The van der Waals surface area contributed by atoms with Gasteiger partial charge in [0.25, 0.3) is 17.4 Å². The van der Waals surface area contributed by atoms with Gasteiger partial charge in [0, 0.05) is 5.56 Å². The van der Waals surface area contributed by atoms with E-state index in [-0.39, 0.29) is 27.1 Å². The average Bonchev–Trinajstić information content (AvgIpc) is 3.35. The molecule has 0 saturated carbocycles. The first-order valence-electron chi connectivity index (χ1n) is 9.29. The molecule has 2 aromatic rings. The zero-order chi connectivity index (χ0) is 22.0. The van der Waals surface area contributed by atoms with E-state index in [1.165, 1.54) is 12.1 Å². The monoisotopic (exact) mass is 447 g/mol. The van der Waals surface area contributed by atoms with Gasteiger partial charge in [-0.3, -0.25) is 14.9 Å². The molecule has 2 fully saturated rings. The Labute approximate surface area is 178 Å². The van der Waals surface area contributed by atoms with Gasteiger partial charge in [-0.05, 0) is 59.8 Å². The van der Waals surface area contributed by atoms with Crippen LogP contribution in [0, 0.1) is 0 Å². The summed E-state index contributed by atoms with van der Waals surface area (Å²) in [5.41, 5.74) is 0.809. The molecule has 3 aliphatic rings. The van der Waals surface area contributed by atoms with Gasteiger partial charge in [0.2, 0.25) is 0 Å². The van der Waals surface area contributed by atoms with Crippen LogP contribution in [0.4, 0.5) is 18.0 Å². The molecule has 5 rings (SSSR count). The summed E-state index contributed by atoms with van der Waals surface area (Å²) >= 11 is 0.811. The Morgan fingerprint density at radius 1 is 1.16 bits per heavy atom. The lowest BCUT2D eigenvalue weighted by Gasteiger charge is -2.24. The fraction of sp³-hybridized carbons (Fsp3) is 0.190. The molecule has 0 aliphatic carbocycles. The van der Waals surface area contributed by atoms with Crippen molar-refractivity contribution in [3.8, 4) is 5.75 Å². The molecule has 31 heavy (non-hydrogen) atoms. The van der Waals surface area contributed by atoms with Gasteiger partial charge in [0.1, 0.15) is 12.3 Å². The molecule has 158 valence electrons. The SMILES string of the molecule is O=C1NC(=O)/C(=C/c2ccc3c(c2)C[N+]2(C(=O)c4ccc(C(F)(F)F)cc4)CC2O3)S1. The number of carbonyl (C=O) groups excluding carboxylic acids is 3. The van der Waals surface area contributed by atoms with E-state index in [2.05, 4.69) is 5.32 Å². The third-order valence-electron chi connectivity index (χ3n) is 5.50. The molecule has 0 bridgehead atoms. The zero-order valence-corrected chi connectivity index (χ0v) is 16.5. The average molecular weight is 447 g/mol. The highest BCUT2D eigenvalue weighted by molar-refractivity contribution is 8.18. The summed E-state index contributed by atoms with van der Waals surface area (Å²) in [6.45, 7) is 0.757. The number of thioether (sulfide) groups is 1. The quantitative estimate of drug-likeness (QED) is 0.429. The lowest BCUT2D eigenvalue weighted by atomic mass is 10.1. The van der Waals surface area contributed by atoms with E-state index in [1.807, 2.05) is 0 Å². The van der Waals surface area contributed by atoms with Gasteiger partial charge in [-0.15, -0.1) is 0 Å². The number of imide groups is 1. The molecule has 3 aliphatic heterocycles. The Balaban J connectivity index is 1.40.